The van der Waals surface area contributed by atoms with E-state index in [9.17, 15) is 25.6 Å². The highest BCUT2D eigenvalue weighted by molar-refractivity contribution is 7.89. The summed E-state index contributed by atoms with van der Waals surface area (Å²) >= 11 is 0. The Balaban J connectivity index is 1.61. The Morgan fingerprint density at radius 3 is 2.63 bits per heavy atom. The van der Waals surface area contributed by atoms with Crippen molar-refractivity contribution in [3.05, 3.63) is 66.0 Å². The van der Waals surface area contributed by atoms with Crippen molar-refractivity contribution in [1.29, 1.82) is 0 Å². The second-order valence-corrected chi connectivity index (χ2v) is 12.6. The third kappa shape index (κ3) is 5.15. The number of likely N-dealkylation sites (N-methyl/N-ethyl adjacent to an activating group) is 1. The molecule has 0 spiro atoms. The van der Waals surface area contributed by atoms with Crippen LogP contribution in [-0.2, 0) is 20.0 Å². The van der Waals surface area contributed by atoms with Crippen molar-refractivity contribution >= 4 is 36.5 Å². The molecule has 35 heavy (non-hydrogen) atoms. The number of hydrogen-bond acceptors (Lipinski definition) is 6. The van der Waals surface area contributed by atoms with Crippen molar-refractivity contribution in [3.63, 3.8) is 0 Å². The zero-order valence-electron chi connectivity index (χ0n) is 19.3. The molecular formula is C23H26F2N4O4S2. The van der Waals surface area contributed by atoms with E-state index < -0.39 is 37.7 Å². The number of halogens is 2. The van der Waals surface area contributed by atoms with Gasteiger partial charge in [0.25, 0.3) is 0 Å². The Hall–Kier alpha value is -2.67. The number of nitrogens with zero attached hydrogens (tertiary/aromatic N) is 3. The number of hydrogen-bond donors (Lipinski definition) is 1. The molecule has 1 N–H and O–H groups in total. The van der Waals surface area contributed by atoms with Crippen LogP contribution in [0.25, 0.3) is 10.8 Å². The molecule has 4 rings (SSSR count). The monoisotopic (exact) mass is 524 g/mol. The molecule has 1 atom stereocenters. The normalized spacial score (nSPS) is 17.2. The molecule has 0 radical (unpaired) electrons. The third-order valence-corrected chi connectivity index (χ3v) is 10.0. The summed E-state index contributed by atoms with van der Waals surface area (Å²) in [5, 5.41) is 4.08. The molecule has 0 bridgehead atoms. The maximum atomic E-state index is 14.2. The smallest absolute Gasteiger partial charge is 0.243 e. The first kappa shape index (κ1) is 25.4. The predicted octanol–water partition coefficient (Wildman–Crippen LogP) is 3.34. The maximum absolute atomic E-state index is 14.2. The predicted molar refractivity (Wildman–Crippen MR) is 130 cm³/mol. The van der Waals surface area contributed by atoms with Gasteiger partial charge in [-0.1, -0.05) is 6.07 Å². The van der Waals surface area contributed by atoms with Gasteiger partial charge < -0.3 is 5.32 Å². The molecule has 12 heteroatoms. The van der Waals surface area contributed by atoms with E-state index in [2.05, 4.69) is 10.3 Å². The van der Waals surface area contributed by atoms with Gasteiger partial charge in [-0.2, -0.15) is 4.31 Å². The molecule has 3 aromatic rings. The Labute approximate surface area is 203 Å². The Kier molecular flexibility index (Phi) is 7.09. The molecular weight excluding hydrogens is 498 g/mol. The summed E-state index contributed by atoms with van der Waals surface area (Å²) in [6, 6.07) is 7.42. The second-order valence-electron chi connectivity index (χ2n) is 8.46. The molecule has 0 saturated carbocycles. The Bertz CT molecular complexity index is 1470. The zero-order chi connectivity index (χ0) is 25.4. The number of sulfonamides is 2. The first-order valence-electron chi connectivity index (χ1n) is 11.0. The van der Waals surface area contributed by atoms with Crippen LogP contribution in [-0.4, -0.2) is 62.9 Å². The summed E-state index contributed by atoms with van der Waals surface area (Å²) in [6.07, 6.45) is 3.53. The highest BCUT2D eigenvalue weighted by Crippen LogP contribution is 2.33. The summed E-state index contributed by atoms with van der Waals surface area (Å²) < 4.78 is 80.8. The van der Waals surface area contributed by atoms with E-state index in [1.54, 1.807) is 19.1 Å². The van der Waals surface area contributed by atoms with E-state index in [1.165, 1.54) is 41.9 Å². The van der Waals surface area contributed by atoms with Gasteiger partial charge in [0.1, 0.15) is 11.6 Å². The van der Waals surface area contributed by atoms with E-state index in [1.807, 2.05) is 0 Å². The lowest BCUT2D eigenvalue weighted by Crippen LogP contribution is -2.37. The molecule has 2 heterocycles. The van der Waals surface area contributed by atoms with Crippen molar-refractivity contribution in [3.8, 4) is 0 Å². The highest BCUT2D eigenvalue weighted by Gasteiger charge is 2.30. The van der Waals surface area contributed by atoms with Gasteiger partial charge in [-0.05, 0) is 37.6 Å². The summed E-state index contributed by atoms with van der Waals surface area (Å²) in [5.41, 5.74) is 0.797. The van der Waals surface area contributed by atoms with Gasteiger partial charge in [0.2, 0.25) is 20.0 Å². The van der Waals surface area contributed by atoms with Gasteiger partial charge in [0.15, 0.2) is 0 Å². The van der Waals surface area contributed by atoms with Crippen molar-refractivity contribution in [2.24, 2.45) is 0 Å². The van der Waals surface area contributed by atoms with E-state index in [0.29, 0.717) is 29.4 Å². The average molecular weight is 525 g/mol. The Morgan fingerprint density at radius 2 is 1.94 bits per heavy atom. The lowest BCUT2D eigenvalue weighted by Gasteiger charge is -2.23. The molecule has 188 valence electrons. The molecule has 1 aromatic heterocycles. The van der Waals surface area contributed by atoms with Crippen molar-refractivity contribution in [2.45, 2.75) is 24.3 Å². The Morgan fingerprint density at radius 1 is 1.17 bits per heavy atom. The molecule has 8 nitrogen and oxygen atoms in total. The number of rotatable bonds is 8. The molecule has 1 aliphatic heterocycles. The number of benzene rings is 2. The van der Waals surface area contributed by atoms with Crippen LogP contribution < -0.4 is 5.32 Å². The van der Waals surface area contributed by atoms with Crippen LogP contribution in [0.5, 0.6) is 0 Å². The summed E-state index contributed by atoms with van der Waals surface area (Å²) in [4.78, 5) is 4.16. The molecule has 0 amide bonds. The van der Waals surface area contributed by atoms with Crippen LogP contribution in [0.4, 0.5) is 14.5 Å². The van der Waals surface area contributed by atoms with E-state index in [4.69, 9.17) is 0 Å². The second kappa shape index (κ2) is 9.76. The van der Waals surface area contributed by atoms with Crippen LogP contribution in [0, 0.1) is 11.6 Å². The lowest BCUT2D eigenvalue weighted by molar-refractivity contribution is 0.387. The minimum absolute atomic E-state index is 0.00895. The average Bonchev–Trinajstić information content (AvgIpc) is 3.15. The number of fused-ring (bicyclic) bond motifs is 1. The third-order valence-electron chi connectivity index (χ3n) is 6.13. The fourth-order valence-corrected chi connectivity index (χ4v) is 7.03. The number of nitrogens with one attached hydrogen (secondary N) is 1. The van der Waals surface area contributed by atoms with Crippen LogP contribution in [0.2, 0.25) is 0 Å². The molecule has 1 saturated heterocycles. The minimum Gasteiger partial charge on any atom is -0.378 e. The molecule has 0 aliphatic carbocycles. The summed E-state index contributed by atoms with van der Waals surface area (Å²) in [5.74, 6) is -1.28. The highest BCUT2D eigenvalue weighted by atomic mass is 32.2. The largest absolute Gasteiger partial charge is 0.378 e. The first-order chi connectivity index (χ1) is 16.5. The first-order valence-corrected chi connectivity index (χ1v) is 14.1. The summed E-state index contributed by atoms with van der Waals surface area (Å²) in [7, 11) is -5.86. The van der Waals surface area contributed by atoms with Gasteiger partial charge in [-0.15, -0.1) is 0 Å². The maximum Gasteiger partial charge on any atom is 0.243 e. The fraction of sp³-hybridized carbons (Fsp3) is 0.348. The zero-order valence-corrected chi connectivity index (χ0v) is 20.9. The van der Waals surface area contributed by atoms with Gasteiger partial charge in [-0.25, -0.2) is 29.9 Å². The molecule has 1 aliphatic rings. The summed E-state index contributed by atoms with van der Waals surface area (Å²) in [6.45, 7) is 2.19. The SMILES string of the molecule is C[C@H](Nc1ccc(S(=O)(=O)N(C)CCN2CCCS2(=O)=O)c2ccncc12)c1ccc(F)cc1F. The molecule has 0 unspecified atom stereocenters. The van der Waals surface area contributed by atoms with Crippen LogP contribution in [0.1, 0.15) is 24.9 Å². The van der Waals surface area contributed by atoms with E-state index in [0.717, 1.165) is 10.4 Å². The van der Waals surface area contributed by atoms with Crippen LogP contribution >= 0.6 is 0 Å². The number of pyridine rings is 1. The van der Waals surface area contributed by atoms with Crippen molar-refractivity contribution < 1.29 is 25.6 Å². The van der Waals surface area contributed by atoms with E-state index >= 15 is 0 Å². The standard InChI is InChI=1S/C23H26F2N4O4S2/c1-16(18-5-4-17(24)14-21(18)25)27-22-6-7-23(19-8-9-26-15-20(19)22)35(32,33)28(2)11-12-29-10-3-13-34(29,30)31/h4-9,14-16,27H,3,10-13H2,1-2H3/t16-/m0/s1. The molecule has 2 aromatic carbocycles. The van der Waals surface area contributed by atoms with Crippen LogP contribution in [0.3, 0.4) is 0 Å². The fourth-order valence-electron chi connectivity index (χ4n) is 4.16. The van der Waals surface area contributed by atoms with E-state index in [-0.39, 0.29) is 29.3 Å². The van der Waals surface area contributed by atoms with Gasteiger partial charge in [0, 0.05) is 67.2 Å². The number of anilines is 1. The van der Waals surface area contributed by atoms with Gasteiger partial charge in [0.05, 0.1) is 16.7 Å². The van der Waals surface area contributed by atoms with Crippen molar-refractivity contribution in [1.82, 2.24) is 13.6 Å². The molecule has 1 fully saturated rings. The van der Waals surface area contributed by atoms with Crippen molar-refractivity contribution in [2.75, 3.05) is 37.8 Å². The van der Waals surface area contributed by atoms with Gasteiger partial charge in [-0.3, -0.25) is 4.98 Å². The minimum atomic E-state index is -3.95. The quantitative estimate of drug-likeness (QED) is 0.485. The number of aromatic nitrogens is 1. The lowest BCUT2D eigenvalue weighted by atomic mass is 10.1. The van der Waals surface area contributed by atoms with Gasteiger partial charge >= 0.3 is 0 Å². The topological polar surface area (TPSA) is 99.7 Å². The van der Waals surface area contributed by atoms with Crippen LogP contribution in [0.15, 0.2) is 53.7 Å².